The Hall–Kier alpha value is -2.11. The highest BCUT2D eigenvalue weighted by molar-refractivity contribution is 5.59. The van der Waals surface area contributed by atoms with Gasteiger partial charge in [-0.2, -0.15) is 0 Å². The van der Waals surface area contributed by atoms with Crippen molar-refractivity contribution in [1.82, 2.24) is 0 Å². The second kappa shape index (κ2) is 5.11. The van der Waals surface area contributed by atoms with Crippen molar-refractivity contribution in [3.8, 4) is 17.2 Å². The van der Waals surface area contributed by atoms with Gasteiger partial charge in [-0.1, -0.05) is 0 Å². The first kappa shape index (κ1) is 12.0. The van der Waals surface area contributed by atoms with Crippen LogP contribution >= 0.6 is 0 Å². The zero-order valence-electron chi connectivity index (χ0n) is 8.64. The van der Waals surface area contributed by atoms with Crippen molar-refractivity contribution in [3.63, 3.8) is 0 Å². The first-order valence-electron chi connectivity index (χ1n) is 4.49. The molecule has 1 rings (SSSR count). The third-order valence-electron chi connectivity index (χ3n) is 1.91. The first-order valence-corrected chi connectivity index (χ1v) is 4.49. The van der Waals surface area contributed by atoms with Crippen molar-refractivity contribution in [1.29, 1.82) is 0 Å². The van der Waals surface area contributed by atoms with Crippen LogP contribution in [0, 0.1) is 0 Å². The number of benzene rings is 1. The normalized spacial score (nSPS) is 9.81. The lowest BCUT2D eigenvalue weighted by Crippen LogP contribution is -2.07. The Kier molecular flexibility index (Phi) is 3.82. The van der Waals surface area contributed by atoms with Gasteiger partial charge >= 0.3 is 6.16 Å². The maximum atomic E-state index is 10.6. The number of hydrogen-bond donors (Lipinski definition) is 3. The number of phenolic OH excluding ortho intramolecular Hbond substituents is 3. The second-order valence-electron chi connectivity index (χ2n) is 3.04. The SMILES string of the molecule is COC(=O)OCCc1cc(O)c(O)c(O)c1. The van der Waals surface area contributed by atoms with Crippen LogP contribution in [0.15, 0.2) is 12.1 Å². The van der Waals surface area contributed by atoms with Gasteiger partial charge in [0.1, 0.15) is 0 Å². The van der Waals surface area contributed by atoms with Gasteiger partial charge < -0.3 is 24.8 Å². The molecular weight excluding hydrogens is 216 g/mol. The van der Waals surface area contributed by atoms with Crippen molar-refractivity contribution in [2.75, 3.05) is 13.7 Å². The Bertz CT molecular complexity index is 364. The summed E-state index contributed by atoms with van der Waals surface area (Å²) in [6, 6.07) is 2.55. The molecule has 1 aromatic rings. The quantitative estimate of drug-likeness (QED) is 0.530. The average Bonchev–Trinajstić information content (AvgIpc) is 2.25. The Morgan fingerprint density at radius 2 is 1.81 bits per heavy atom. The maximum absolute atomic E-state index is 10.6. The zero-order valence-corrected chi connectivity index (χ0v) is 8.64. The van der Waals surface area contributed by atoms with Crippen LogP contribution in [0.5, 0.6) is 17.2 Å². The van der Waals surface area contributed by atoms with E-state index in [1.807, 2.05) is 0 Å². The van der Waals surface area contributed by atoms with Gasteiger partial charge in [0.2, 0.25) is 0 Å². The van der Waals surface area contributed by atoms with Gasteiger partial charge in [-0.05, 0) is 17.7 Å². The minimum atomic E-state index is -0.799. The molecule has 6 heteroatoms. The Morgan fingerprint density at radius 1 is 1.25 bits per heavy atom. The molecule has 0 saturated heterocycles. The average molecular weight is 228 g/mol. The van der Waals surface area contributed by atoms with E-state index in [-0.39, 0.29) is 13.0 Å². The smallest absolute Gasteiger partial charge is 0.504 e. The molecule has 0 fully saturated rings. The van der Waals surface area contributed by atoms with Crippen LogP contribution in [0.1, 0.15) is 5.56 Å². The first-order chi connectivity index (χ1) is 7.54. The maximum Gasteiger partial charge on any atom is 0.507 e. The van der Waals surface area contributed by atoms with E-state index >= 15 is 0 Å². The van der Waals surface area contributed by atoms with Gasteiger partial charge in [0.25, 0.3) is 0 Å². The molecule has 0 bridgehead atoms. The van der Waals surface area contributed by atoms with Crippen molar-refractivity contribution in [3.05, 3.63) is 17.7 Å². The molecule has 6 nitrogen and oxygen atoms in total. The molecule has 0 aliphatic rings. The van der Waals surface area contributed by atoms with Crippen LogP contribution in [0.2, 0.25) is 0 Å². The summed E-state index contributed by atoms with van der Waals surface area (Å²) < 4.78 is 8.87. The van der Waals surface area contributed by atoms with Gasteiger partial charge in [-0.3, -0.25) is 0 Å². The third-order valence-corrected chi connectivity index (χ3v) is 1.91. The van der Waals surface area contributed by atoms with Gasteiger partial charge in [0.15, 0.2) is 17.2 Å². The van der Waals surface area contributed by atoms with Crippen LogP contribution in [-0.4, -0.2) is 35.2 Å². The highest BCUT2D eigenvalue weighted by Crippen LogP contribution is 2.35. The molecule has 3 N–H and O–H groups in total. The monoisotopic (exact) mass is 228 g/mol. The minimum Gasteiger partial charge on any atom is -0.504 e. The van der Waals surface area contributed by atoms with E-state index in [1.54, 1.807) is 0 Å². The minimum absolute atomic E-state index is 0.0519. The Morgan fingerprint density at radius 3 is 2.31 bits per heavy atom. The summed E-state index contributed by atoms with van der Waals surface area (Å²) >= 11 is 0. The summed E-state index contributed by atoms with van der Waals surface area (Å²) in [5.41, 5.74) is 0.525. The highest BCUT2D eigenvalue weighted by Gasteiger charge is 2.08. The number of methoxy groups -OCH3 is 1. The number of carbonyl (C=O) groups excluding carboxylic acids is 1. The summed E-state index contributed by atoms with van der Waals surface area (Å²) in [5.74, 6) is -1.42. The van der Waals surface area contributed by atoms with Crippen molar-refractivity contribution in [2.45, 2.75) is 6.42 Å². The van der Waals surface area contributed by atoms with E-state index < -0.39 is 23.4 Å². The summed E-state index contributed by atoms with van der Waals surface area (Å²) in [7, 11) is 1.19. The van der Waals surface area contributed by atoms with Crippen LogP contribution in [0.4, 0.5) is 4.79 Å². The molecule has 0 saturated carbocycles. The third kappa shape index (κ3) is 2.94. The molecule has 0 amide bonds. The molecule has 0 heterocycles. The number of carbonyl (C=O) groups is 1. The summed E-state index contributed by atoms with van der Waals surface area (Å²) in [4.78, 5) is 10.6. The topological polar surface area (TPSA) is 96.2 Å². The predicted octanol–water partition coefficient (Wildman–Crippen LogP) is 1.13. The standard InChI is InChI=1S/C10H12O6/c1-15-10(14)16-3-2-6-4-7(11)9(13)8(12)5-6/h4-5,11-13H,2-3H2,1H3. The fourth-order valence-electron chi connectivity index (χ4n) is 1.12. The van der Waals surface area contributed by atoms with Gasteiger partial charge in [0, 0.05) is 6.42 Å². The molecule has 0 unspecified atom stereocenters. The summed E-state index contributed by atoms with van der Waals surface area (Å²) in [6.45, 7) is 0.0519. The van der Waals surface area contributed by atoms with E-state index in [0.717, 1.165) is 0 Å². The highest BCUT2D eigenvalue weighted by atomic mass is 16.7. The van der Waals surface area contributed by atoms with Crippen LogP contribution in [-0.2, 0) is 15.9 Å². The Balaban J connectivity index is 2.58. The largest absolute Gasteiger partial charge is 0.507 e. The lowest BCUT2D eigenvalue weighted by molar-refractivity contribution is 0.0736. The number of aromatic hydroxyl groups is 3. The number of ether oxygens (including phenoxy) is 2. The fraction of sp³-hybridized carbons (Fsp3) is 0.300. The van der Waals surface area contributed by atoms with E-state index in [2.05, 4.69) is 9.47 Å². The van der Waals surface area contributed by atoms with Crippen molar-refractivity contribution in [2.24, 2.45) is 0 Å². The molecule has 0 spiro atoms. The van der Waals surface area contributed by atoms with E-state index in [1.165, 1.54) is 19.2 Å². The van der Waals surface area contributed by atoms with Gasteiger partial charge in [0.05, 0.1) is 13.7 Å². The number of hydrogen-bond acceptors (Lipinski definition) is 6. The second-order valence-corrected chi connectivity index (χ2v) is 3.04. The lowest BCUT2D eigenvalue weighted by atomic mass is 10.1. The predicted molar refractivity (Wildman–Crippen MR) is 53.5 cm³/mol. The molecule has 0 aliphatic heterocycles. The summed E-state index contributed by atoms with van der Waals surface area (Å²) in [6.07, 6.45) is -0.511. The lowest BCUT2D eigenvalue weighted by Gasteiger charge is -2.06. The van der Waals surface area contributed by atoms with E-state index in [4.69, 9.17) is 5.11 Å². The molecule has 88 valence electrons. The summed E-state index contributed by atoms with van der Waals surface area (Å²) in [5, 5.41) is 27.5. The van der Waals surface area contributed by atoms with E-state index in [0.29, 0.717) is 5.56 Å². The van der Waals surface area contributed by atoms with Crippen LogP contribution < -0.4 is 0 Å². The molecule has 16 heavy (non-hydrogen) atoms. The van der Waals surface area contributed by atoms with Crippen LogP contribution in [0.3, 0.4) is 0 Å². The van der Waals surface area contributed by atoms with Crippen molar-refractivity contribution < 1.29 is 29.6 Å². The zero-order chi connectivity index (χ0) is 12.1. The molecule has 0 atom stereocenters. The molecule has 1 aromatic carbocycles. The Labute approximate surface area is 91.7 Å². The van der Waals surface area contributed by atoms with Crippen molar-refractivity contribution >= 4 is 6.16 Å². The molecule has 0 radical (unpaired) electrons. The fourth-order valence-corrected chi connectivity index (χ4v) is 1.12. The molecule has 0 aromatic heterocycles. The van der Waals surface area contributed by atoms with Gasteiger partial charge in [-0.15, -0.1) is 0 Å². The van der Waals surface area contributed by atoms with Gasteiger partial charge in [-0.25, -0.2) is 4.79 Å². The number of rotatable bonds is 3. The number of phenols is 3. The van der Waals surface area contributed by atoms with Crippen LogP contribution in [0.25, 0.3) is 0 Å². The molecular formula is C10H12O6. The van der Waals surface area contributed by atoms with E-state index in [9.17, 15) is 15.0 Å². The molecule has 0 aliphatic carbocycles.